The van der Waals surface area contributed by atoms with Gasteiger partial charge in [0.25, 0.3) is 22.9 Å². The second kappa shape index (κ2) is 35.8. The molecule has 0 radical (unpaired) electrons. The van der Waals surface area contributed by atoms with Crippen molar-refractivity contribution >= 4 is 51.3 Å². The lowest BCUT2D eigenvalue weighted by atomic mass is 9.94. The zero-order chi connectivity index (χ0) is 76.7. The van der Waals surface area contributed by atoms with Gasteiger partial charge in [-0.05, 0) is 194 Å². The number of dihydropyridines is 1. The van der Waals surface area contributed by atoms with Gasteiger partial charge in [0.1, 0.15) is 5.82 Å². The van der Waals surface area contributed by atoms with E-state index in [1.165, 1.54) is 87.1 Å². The number of allylic oxidation sites excluding steroid dienone is 4. The van der Waals surface area contributed by atoms with Gasteiger partial charge in [-0.2, -0.15) is 0 Å². The van der Waals surface area contributed by atoms with E-state index in [-0.39, 0.29) is 39.8 Å². The molecule has 1 saturated carbocycles. The average Bonchev–Trinajstić information content (AvgIpc) is 1.57. The number of nitrogens with two attached hydrogens (primary N) is 1. The number of carbonyl (C=O) groups excluding carboxylic acids is 4. The first-order valence-corrected chi connectivity index (χ1v) is 36.8. The number of aromatic amines is 3. The summed E-state index contributed by atoms with van der Waals surface area (Å²) in [7, 11) is 0. The molecule has 6 aromatic carbocycles. The molecule has 3 aromatic heterocycles. The average molecular weight is 1420 g/mol. The van der Waals surface area contributed by atoms with Crippen molar-refractivity contribution in [1.29, 1.82) is 0 Å². The number of aryl methyl sites for hydroxylation is 1. The summed E-state index contributed by atoms with van der Waals surface area (Å²) in [6.45, 7) is 38.4. The predicted octanol–water partition coefficient (Wildman–Crippen LogP) is 18.8. The summed E-state index contributed by atoms with van der Waals surface area (Å²) in [6, 6.07) is 36.6. The van der Waals surface area contributed by atoms with Crippen molar-refractivity contribution in [2.75, 3.05) is 0 Å². The van der Waals surface area contributed by atoms with E-state index in [1.54, 1.807) is 18.2 Å². The molecule has 1 fully saturated rings. The van der Waals surface area contributed by atoms with Crippen molar-refractivity contribution < 1.29 is 23.6 Å². The monoisotopic (exact) mass is 1420 g/mol. The first kappa shape index (κ1) is 80.2. The third-order valence-corrected chi connectivity index (χ3v) is 19.7. The quantitative estimate of drug-likeness (QED) is 0.0798. The number of hydrogen-bond donors (Lipinski definition) is 6. The number of ketones is 2. The van der Waals surface area contributed by atoms with E-state index in [1.807, 2.05) is 76.5 Å². The summed E-state index contributed by atoms with van der Waals surface area (Å²) in [5.41, 5.74) is 25.4. The number of nitrogens with one attached hydrogen (secondary N) is 5. The molecule has 550 valence electrons. The van der Waals surface area contributed by atoms with Gasteiger partial charge in [0.05, 0.1) is 39.4 Å². The van der Waals surface area contributed by atoms with Crippen LogP contribution in [-0.2, 0) is 24.8 Å². The van der Waals surface area contributed by atoms with Crippen molar-refractivity contribution in [3.63, 3.8) is 0 Å². The van der Waals surface area contributed by atoms with Crippen LogP contribution in [0.1, 0.15) is 286 Å². The second-order valence-electron chi connectivity index (χ2n) is 30.1. The van der Waals surface area contributed by atoms with Crippen molar-refractivity contribution in [2.24, 2.45) is 11.7 Å². The molecule has 6 aliphatic rings. The first-order valence-electron chi connectivity index (χ1n) is 36.8. The third-order valence-electron chi connectivity index (χ3n) is 19.7. The Labute approximate surface area is 617 Å². The highest BCUT2D eigenvalue weighted by molar-refractivity contribution is 6.03. The topological polar surface area (TPSA) is 243 Å². The summed E-state index contributed by atoms with van der Waals surface area (Å²) in [4.78, 5) is 95.7. The zero-order valence-corrected chi connectivity index (χ0v) is 64.0. The fourth-order valence-corrected chi connectivity index (χ4v) is 13.1. The number of H-pyrrole nitrogens is 3. The summed E-state index contributed by atoms with van der Waals surface area (Å²) in [6.07, 6.45) is 19.7. The normalized spacial score (nSPS) is 14.3. The lowest BCUT2D eigenvalue weighted by Gasteiger charge is -2.12. The van der Waals surface area contributed by atoms with Gasteiger partial charge >= 0.3 is 5.69 Å². The number of Topliss-reactive ketones (excluding diaryl/α,β-unsaturated/α-hetero) is 2. The smallest absolute Gasteiger partial charge is 0.326 e. The minimum Gasteiger partial charge on any atom is -0.366 e. The van der Waals surface area contributed by atoms with Crippen LogP contribution < -0.4 is 33.2 Å². The molecular weight excluding hydrogens is 1310 g/mol. The van der Waals surface area contributed by atoms with Gasteiger partial charge in [-0.3, -0.25) is 38.7 Å². The van der Waals surface area contributed by atoms with Crippen molar-refractivity contribution in [1.82, 2.24) is 35.6 Å². The maximum absolute atomic E-state index is 13.0. The second-order valence-corrected chi connectivity index (χ2v) is 30.1. The van der Waals surface area contributed by atoms with Gasteiger partial charge in [0, 0.05) is 66.0 Å². The number of pyridine rings is 1. The van der Waals surface area contributed by atoms with Crippen LogP contribution >= 0.6 is 0 Å². The van der Waals surface area contributed by atoms with Gasteiger partial charge < -0.3 is 26.3 Å². The van der Waals surface area contributed by atoms with E-state index in [4.69, 9.17) is 5.73 Å². The minimum absolute atomic E-state index is 0.0359. The minimum atomic E-state index is -0.722. The molecule has 9 aromatic rings. The summed E-state index contributed by atoms with van der Waals surface area (Å²) < 4.78 is 13.0. The largest absolute Gasteiger partial charge is 0.366 e. The number of amides is 2. The Hall–Kier alpha value is -10.5. The van der Waals surface area contributed by atoms with Gasteiger partial charge in [0.15, 0.2) is 11.6 Å². The summed E-state index contributed by atoms with van der Waals surface area (Å²) >= 11 is 0. The molecule has 7 N–H and O–H groups in total. The number of aromatic nitrogens is 5. The third kappa shape index (κ3) is 20.5. The number of rotatable bonds is 9. The fraction of sp³-hybridized carbons (Fsp3) is 0.360. The number of benzene rings is 6. The molecule has 0 bridgehead atoms. The Bertz CT molecular complexity index is 4940. The van der Waals surface area contributed by atoms with Gasteiger partial charge in [0.2, 0.25) is 0 Å². The molecule has 16 heteroatoms. The van der Waals surface area contributed by atoms with Crippen molar-refractivity contribution in [3.8, 4) is 0 Å². The van der Waals surface area contributed by atoms with Crippen LogP contribution in [-0.4, -0.2) is 48.3 Å². The Kier molecular flexibility index (Phi) is 27.4. The molecule has 0 atom stereocenters. The van der Waals surface area contributed by atoms with E-state index in [0.717, 1.165) is 63.9 Å². The molecule has 2 amide bonds. The highest BCUT2D eigenvalue weighted by Gasteiger charge is 2.52. The lowest BCUT2D eigenvalue weighted by Crippen LogP contribution is -2.22. The van der Waals surface area contributed by atoms with Crippen LogP contribution in [0.2, 0.25) is 0 Å². The number of halogens is 1. The van der Waals surface area contributed by atoms with Crippen molar-refractivity contribution in [3.05, 3.63) is 296 Å². The number of hydrogen-bond acceptors (Lipinski definition) is 10. The highest BCUT2D eigenvalue weighted by Crippen LogP contribution is 2.57. The molecule has 105 heavy (non-hydrogen) atoms. The summed E-state index contributed by atoms with van der Waals surface area (Å²) in [5.74, 6) is 3.07. The van der Waals surface area contributed by atoms with E-state index >= 15 is 0 Å². The Morgan fingerprint density at radius 2 is 1.17 bits per heavy atom. The van der Waals surface area contributed by atoms with Crippen LogP contribution in [0.4, 0.5) is 4.39 Å². The Balaban J connectivity index is 0.000000152. The molecule has 1 spiro atoms. The molecule has 0 unspecified atom stereocenters. The standard InChI is InChI=1S/C14H16O.C12H14O.C11H12N2O2.C11H12N2O.C11H13NO.C11H13N.C10H12FNO.C9H13N/c1-9(2)10-3-4-12-11(7-10)13(15)8-14(12)5-6-14;1-8(2)10-4-3-9-5-6-12(13)11(9)7-10;1-6(2)7-4-3-5-8-9(7)12-11(15)13-10(8)14;1-7(2)8-4-3-5-9-10(8)12-6-13-11(9)14;1-7(2)8-4-3-5-9-10(8)6-12-11(9)13;1-8(2)10-6-9-4-3-5-11(9)12-7-10;1-6(2)7-3-4-9(11)8(5-7)10(12)13;1-7(2)9-4-5-10-8(3)6-9/h3-4,7,9H,5-6,8H2,1-2H3;3-4,7-8H,5-6H2,1-2H3;3-6H,1-2H3,(H2,12,13,14,15);3-7H,1-2H3,(H,12,13,14);3-5,7H,6H2,1-2H3,(H,12,13);3-4,6-8H,5H2,1-2H3;3-6H,1-2H3,(H2,12,13);4-7,10H,3H2,1-2H3. The van der Waals surface area contributed by atoms with E-state index < -0.39 is 17.4 Å². The van der Waals surface area contributed by atoms with Crippen LogP contribution in [0, 0.1) is 11.7 Å². The number of carbonyl (C=O) groups is 4. The predicted molar refractivity (Wildman–Crippen MR) is 425 cm³/mol. The van der Waals surface area contributed by atoms with E-state index in [0.29, 0.717) is 76.3 Å². The fourth-order valence-electron chi connectivity index (χ4n) is 13.1. The molecule has 2 aliphatic heterocycles. The SMILES string of the molecule is C=C1C=C(C(C)C)C=CN1.CC(C)c1ccc(F)c(C(N)=O)c1.CC(C)c1ccc2c(c1)C(=O)CC2.CC(C)c1ccc2c(c1)C(=O)CC21CC1.CC(C)c1cccc2c(=O)[nH]c(=O)[nH]c12.CC(C)c1cccc2c(=O)[nH]cnc12.CC(C)c1cccc2c1CNC2=O.CC(C)c1cnc2c(c1)C=CC2. The number of para-hydroxylation sites is 2. The number of primary amides is 1. The molecular formula is C89H105FN8O7. The lowest BCUT2D eigenvalue weighted by molar-refractivity contribution is 0.0961. The number of nitrogens with zero attached hydrogens (tertiary/aromatic N) is 2. The van der Waals surface area contributed by atoms with Crippen molar-refractivity contribution in [2.45, 2.75) is 203 Å². The van der Waals surface area contributed by atoms with Gasteiger partial charge in [-0.1, -0.05) is 196 Å². The Morgan fingerprint density at radius 1 is 0.571 bits per heavy atom. The van der Waals surface area contributed by atoms with Gasteiger partial charge in [-0.15, -0.1) is 0 Å². The van der Waals surface area contributed by atoms with E-state index in [9.17, 15) is 38.0 Å². The molecule has 0 saturated heterocycles. The highest BCUT2D eigenvalue weighted by atomic mass is 19.1. The molecule has 5 heterocycles. The van der Waals surface area contributed by atoms with Gasteiger partial charge in [-0.25, -0.2) is 14.2 Å². The summed E-state index contributed by atoms with van der Waals surface area (Å²) in [5, 5.41) is 7.05. The van der Waals surface area contributed by atoms with Crippen LogP contribution in [0.3, 0.4) is 0 Å². The van der Waals surface area contributed by atoms with E-state index in [2.05, 4.69) is 198 Å². The van der Waals surface area contributed by atoms with Crippen LogP contribution in [0.5, 0.6) is 0 Å². The zero-order valence-electron chi connectivity index (χ0n) is 64.0. The van der Waals surface area contributed by atoms with Crippen LogP contribution in [0.15, 0.2) is 184 Å². The molecule has 15 nitrogen and oxygen atoms in total. The maximum atomic E-state index is 13.0. The number of fused-ring (bicyclic) bond motifs is 7. The Morgan fingerprint density at radius 3 is 1.78 bits per heavy atom. The maximum Gasteiger partial charge on any atom is 0.326 e. The first-order chi connectivity index (χ1) is 49.8. The molecule has 15 rings (SSSR count). The van der Waals surface area contributed by atoms with Crippen LogP contribution in [0.25, 0.3) is 27.9 Å². The molecule has 4 aliphatic carbocycles.